The molecule has 0 aliphatic heterocycles. The third-order valence-corrected chi connectivity index (χ3v) is 3.49. The van der Waals surface area contributed by atoms with Gasteiger partial charge in [-0.2, -0.15) is 0 Å². The first-order valence-corrected chi connectivity index (χ1v) is 6.73. The van der Waals surface area contributed by atoms with E-state index in [2.05, 4.69) is 66.0 Å². The lowest BCUT2D eigenvalue weighted by Crippen LogP contribution is -2.12. The van der Waals surface area contributed by atoms with Gasteiger partial charge in [0, 0.05) is 18.1 Å². The molecule has 1 N–H and O–H groups in total. The molecule has 0 amide bonds. The summed E-state index contributed by atoms with van der Waals surface area (Å²) in [4.78, 5) is 0. The fraction of sp³-hybridized carbons (Fsp3) is 0.462. The average Bonchev–Trinajstić information content (AvgIpc) is 2.79. The van der Waals surface area contributed by atoms with Crippen molar-refractivity contribution in [2.45, 2.75) is 39.7 Å². The number of benzene rings is 1. The largest absolute Gasteiger partial charge is 0.355 e. The average molecular weight is 262 g/mol. The van der Waals surface area contributed by atoms with Crippen LogP contribution in [0.5, 0.6) is 0 Å². The van der Waals surface area contributed by atoms with E-state index in [4.69, 9.17) is 0 Å². The number of rotatable bonds is 3. The second-order valence-electron chi connectivity index (χ2n) is 5.41. The van der Waals surface area contributed by atoms with Crippen LogP contribution >= 0.6 is 11.5 Å². The minimum Gasteiger partial charge on any atom is -0.355 e. The molecule has 1 heterocycles. The summed E-state index contributed by atoms with van der Waals surface area (Å²) >= 11 is 1.27. The Hall–Kier alpha value is -1.49. The number of aromatic nitrogens is 3. The topological polar surface area (TPSA) is 50.7 Å². The highest BCUT2D eigenvalue weighted by Gasteiger charge is 2.14. The molecule has 0 saturated carbocycles. The standard InChI is InChI=1S/C13H18N4S/c1-9-7-11(13(2,3)4)6-5-10(9)8-14-12-15-16-17-18-12/h5-7H,8H2,1-4H3,(H,14,15,17). The van der Waals surface area contributed by atoms with Crippen molar-refractivity contribution in [3.8, 4) is 0 Å². The van der Waals surface area contributed by atoms with Gasteiger partial charge < -0.3 is 5.32 Å². The van der Waals surface area contributed by atoms with Crippen molar-refractivity contribution in [3.63, 3.8) is 0 Å². The van der Waals surface area contributed by atoms with Gasteiger partial charge >= 0.3 is 0 Å². The normalized spacial score (nSPS) is 11.6. The molecule has 2 rings (SSSR count). The first-order chi connectivity index (χ1) is 8.47. The second kappa shape index (κ2) is 5.02. The lowest BCUT2D eigenvalue weighted by Gasteiger charge is -2.20. The molecule has 0 aliphatic carbocycles. The molecule has 2 aromatic rings. The van der Waals surface area contributed by atoms with Gasteiger partial charge in [-0.15, -0.1) is 0 Å². The molecule has 0 unspecified atom stereocenters. The summed E-state index contributed by atoms with van der Waals surface area (Å²) in [7, 11) is 0. The van der Waals surface area contributed by atoms with Crippen molar-refractivity contribution in [2.75, 3.05) is 5.32 Å². The molecule has 0 aliphatic rings. The molecule has 1 aromatic heterocycles. The first kappa shape index (κ1) is 13.0. The van der Waals surface area contributed by atoms with E-state index >= 15 is 0 Å². The zero-order valence-corrected chi connectivity index (χ0v) is 12.0. The van der Waals surface area contributed by atoms with Crippen LogP contribution in [-0.4, -0.2) is 14.8 Å². The van der Waals surface area contributed by atoms with Crippen LogP contribution in [-0.2, 0) is 12.0 Å². The number of hydrogen-bond donors (Lipinski definition) is 1. The lowest BCUT2D eigenvalue weighted by atomic mass is 9.85. The Labute approximate surface area is 112 Å². The van der Waals surface area contributed by atoms with E-state index in [0.717, 1.165) is 11.7 Å². The fourth-order valence-electron chi connectivity index (χ4n) is 1.73. The van der Waals surface area contributed by atoms with E-state index in [1.807, 2.05) is 0 Å². The summed E-state index contributed by atoms with van der Waals surface area (Å²) in [6.45, 7) is 9.59. The van der Waals surface area contributed by atoms with Crippen molar-refractivity contribution in [3.05, 3.63) is 34.9 Å². The van der Waals surface area contributed by atoms with Crippen molar-refractivity contribution in [2.24, 2.45) is 0 Å². The van der Waals surface area contributed by atoms with Crippen LogP contribution in [0.3, 0.4) is 0 Å². The van der Waals surface area contributed by atoms with Gasteiger partial charge in [0.05, 0.1) is 0 Å². The minimum absolute atomic E-state index is 0.194. The maximum atomic E-state index is 3.86. The SMILES string of the molecule is Cc1cc(C(C)(C)C)ccc1CNc1nnns1. The van der Waals surface area contributed by atoms with E-state index in [1.165, 1.54) is 28.2 Å². The fourth-order valence-corrected chi connectivity index (χ4v) is 2.09. The van der Waals surface area contributed by atoms with Gasteiger partial charge in [-0.25, -0.2) is 0 Å². The highest BCUT2D eigenvalue weighted by atomic mass is 32.1. The van der Waals surface area contributed by atoms with Gasteiger partial charge in [-0.05, 0) is 34.2 Å². The van der Waals surface area contributed by atoms with E-state index in [0.29, 0.717) is 0 Å². The number of nitrogens with one attached hydrogen (secondary N) is 1. The van der Waals surface area contributed by atoms with Crippen LogP contribution in [0.2, 0.25) is 0 Å². The van der Waals surface area contributed by atoms with Crippen LogP contribution in [0.1, 0.15) is 37.5 Å². The van der Waals surface area contributed by atoms with Crippen LogP contribution in [0.25, 0.3) is 0 Å². The number of aryl methyl sites for hydroxylation is 1. The van der Waals surface area contributed by atoms with E-state index in [-0.39, 0.29) is 5.41 Å². The summed E-state index contributed by atoms with van der Waals surface area (Å²) in [5.74, 6) is 0. The van der Waals surface area contributed by atoms with E-state index in [9.17, 15) is 0 Å². The third-order valence-electron chi connectivity index (χ3n) is 2.94. The summed E-state index contributed by atoms with van der Waals surface area (Å²) in [5.41, 5.74) is 4.13. The molecule has 0 spiro atoms. The quantitative estimate of drug-likeness (QED) is 0.923. The van der Waals surface area contributed by atoms with Crippen molar-refractivity contribution < 1.29 is 0 Å². The maximum Gasteiger partial charge on any atom is 0.225 e. The molecule has 0 saturated heterocycles. The minimum atomic E-state index is 0.194. The highest BCUT2D eigenvalue weighted by molar-refractivity contribution is 7.09. The van der Waals surface area contributed by atoms with Crippen molar-refractivity contribution >= 4 is 16.7 Å². The molecule has 0 radical (unpaired) electrons. The van der Waals surface area contributed by atoms with Gasteiger partial charge in [0.15, 0.2) is 0 Å². The van der Waals surface area contributed by atoms with Crippen molar-refractivity contribution in [1.29, 1.82) is 0 Å². The molecule has 0 bridgehead atoms. The smallest absolute Gasteiger partial charge is 0.225 e. The Balaban J connectivity index is 2.10. The molecule has 18 heavy (non-hydrogen) atoms. The van der Waals surface area contributed by atoms with Gasteiger partial charge in [-0.1, -0.05) is 48.6 Å². The monoisotopic (exact) mass is 262 g/mol. The Morgan fingerprint density at radius 3 is 2.61 bits per heavy atom. The van der Waals surface area contributed by atoms with Gasteiger partial charge in [0.1, 0.15) is 0 Å². The summed E-state index contributed by atoms with van der Waals surface area (Å²) in [5, 5.41) is 11.4. The summed E-state index contributed by atoms with van der Waals surface area (Å²) in [6.07, 6.45) is 0. The Morgan fingerprint density at radius 2 is 2.06 bits per heavy atom. The Kier molecular flexibility index (Phi) is 3.61. The molecule has 4 nitrogen and oxygen atoms in total. The predicted octanol–water partition coefficient (Wildman–Crippen LogP) is 3.15. The number of hydrogen-bond acceptors (Lipinski definition) is 5. The molecular formula is C13H18N4S. The predicted molar refractivity (Wildman–Crippen MR) is 74.9 cm³/mol. The number of anilines is 1. The molecular weight excluding hydrogens is 244 g/mol. The van der Waals surface area contributed by atoms with Crippen LogP contribution in [0, 0.1) is 6.92 Å². The highest BCUT2D eigenvalue weighted by Crippen LogP contribution is 2.24. The lowest BCUT2D eigenvalue weighted by molar-refractivity contribution is 0.589. The summed E-state index contributed by atoms with van der Waals surface area (Å²) < 4.78 is 3.72. The molecule has 0 fully saturated rings. The van der Waals surface area contributed by atoms with Crippen LogP contribution < -0.4 is 5.32 Å². The third kappa shape index (κ3) is 3.04. The van der Waals surface area contributed by atoms with Crippen LogP contribution in [0.4, 0.5) is 5.13 Å². The van der Waals surface area contributed by atoms with Gasteiger partial charge in [0.2, 0.25) is 5.13 Å². The van der Waals surface area contributed by atoms with Crippen LogP contribution in [0.15, 0.2) is 18.2 Å². The van der Waals surface area contributed by atoms with Crippen molar-refractivity contribution in [1.82, 2.24) is 14.8 Å². The Bertz CT molecular complexity index is 514. The molecule has 0 atom stereocenters. The first-order valence-electron chi connectivity index (χ1n) is 5.96. The zero-order valence-electron chi connectivity index (χ0n) is 11.2. The second-order valence-corrected chi connectivity index (χ2v) is 6.14. The molecule has 5 heteroatoms. The molecule has 96 valence electrons. The molecule has 1 aromatic carbocycles. The maximum absolute atomic E-state index is 3.86. The van der Waals surface area contributed by atoms with Gasteiger partial charge in [-0.3, -0.25) is 0 Å². The number of nitrogens with zero attached hydrogens (tertiary/aromatic N) is 3. The van der Waals surface area contributed by atoms with Gasteiger partial charge in [0.25, 0.3) is 0 Å². The van der Waals surface area contributed by atoms with E-state index < -0.39 is 0 Å². The summed E-state index contributed by atoms with van der Waals surface area (Å²) in [6, 6.07) is 6.63. The van der Waals surface area contributed by atoms with E-state index in [1.54, 1.807) is 0 Å². The Morgan fingerprint density at radius 1 is 1.28 bits per heavy atom. The zero-order chi connectivity index (χ0) is 13.2.